The molecule has 1 aliphatic rings. The smallest absolute Gasteiger partial charge is 0.227 e. The molecule has 2 aromatic rings. The third kappa shape index (κ3) is 4.07. The first-order valence-electron chi connectivity index (χ1n) is 8.55. The Balaban J connectivity index is 1.65. The van der Waals surface area contributed by atoms with Crippen LogP contribution in [0.4, 0.5) is 17.1 Å². The normalized spacial score (nSPS) is 14.1. The Morgan fingerprint density at radius 2 is 1.71 bits per heavy atom. The number of hydrogen-bond acceptors (Lipinski definition) is 3. The van der Waals surface area contributed by atoms with Crippen LogP contribution in [0, 0.1) is 5.92 Å². The second-order valence-corrected chi connectivity index (χ2v) is 6.48. The van der Waals surface area contributed by atoms with Crippen LogP contribution in [0.15, 0.2) is 48.5 Å². The summed E-state index contributed by atoms with van der Waals surface area (Å²) in [6.45, 7) is 4.02. The molecule has 1 aliphatic carbocycles. The molecule has 1 amide bonds. The lowest BCUT2D eigenvalue weighted by Gasteiger charge is -2.24. The van der Waals surface area contributed by atoms with Gasteiger partial charge in [0.2, 0.25) is 5.91 Å². The fraction of sp³-hybridized carbons (Fsp3) is 0.350. The molecule has 4 nitrogen and oxygen atoms in total. The molecule has 1 saturated carbocycles. The number of benzene rings is 2. The second-order valence-electron chi connectivity index (χ2n) is 6.48. The van der Waals surface area contributed by atoms with Crippen LogP contribution in [0.25, 0.3) is 0 Å². The topological polar surface area (TPSA) is 50.4 Å². The van der Waals surface area contributed by atoms with E-state index in [1.807, 2.05) is 62.4 Å². The highest BCUT2D eigenvalue weighted by Gasteiger charge is 2.24. The van der Waals surface area contributed by atoms with Crippen LogP contribution in [0.5, 0.6) is 5.75 Å². The van der Waals surface area contributed by atoms with Crippen LogP contribution < -0.4 is 15.4 Å². The molecule has 0 unspecified atom stereocenters. The van der Waals surface area contributed by atoms with E-state index in [9.17, 15) is 4.79 Å². The number of rotatable bonds is 6. The highest BCUT2D eigenvalue weighted by Crippen LogP contribution is 2.30. The average molecular weight is 324 g/mol. The number of nitrogens with one attached hydrogen (secondary N) is 2. The number of carbonyl (C=O) groups is 1. The van der Waals surface area contributed by atoms with E-state index in [0.29, 0.717) is 0 Å². The quantitative estimate of drug-likeness (QED) is 0.790. The fourth-order valence-corrected chi connectivity index (χ4v) is 2.63. The number of para-hydroxylation sites is 2. The molecule has 0 saturated heterocycles. The van der Waals surface area contributed by atoms with Gasteiger partial charge in [-0.3, -0.25) is 4.79 Å². The van der Waals surface area contributed by atoms with E-state index < -0.39 is 0 Å². The highest BCUT2D eigenvalue weighted by atomic mass is 16.5. The molecule has 0 aromatic heterocycles. The van der Waals surface area contributed by atoms with Gasteiger partial charge in [0, 0.05) is 17.3 Å². The van der Waals surface area contributed by atoms with E-state index >= 15 is 0 Å². The summed E-state index contributed by atoms with van der Waals surface area (Å²) in [5.41, 5.74) is 2.72. The third-order valence-electron chi connectivity index (χ3n) is 4.16. The van der Waals surface area contributed by atoms with Crippen molar-refractivity contribution >= 4 is 23.0 Å². The molecular weight excluding hydrogens is 300 g/mol. The van der Waals surface area contributed by atoms with Crippen LogP contribution in [0.2, 0.25) is 0 Å². The molecule has 2 aromatic carbocycles. The van der Waals surface area contributed by atoms with Crippen molar-refractivity contribution in [3.05, 3.63) is 48.5 Å². The Hall–Kier alpha value is -2.49. The van der Waals surface area contributed by atoms with Gasteiger partial charge in [-0.15, -0.1) is 0 Å². The van der Waals surface area contributed by atoms with Gasteiger partial charge in [-0.25, -0.2) is 0 Å². The van der Waals surface area contributed by atoms with Gasteiger partial charge < -0.3 is 15.4 Å². The summed E-state index contributed by atoms with van der Waals surface area (Å²) in [6, 6.07) is 15.6. The lowest BCUT2D eigenvalue weighted by atomic mass is 9.85. The summed E-state index contributed by atoms with van der Waals surface area (Å²) < 4.78 is 5.82. The molecule has 2 N–H and O–H groups in total. The number of amides is 1. The zero-order valence-corrected chi connectivity index (χ0v) is 14.2. The predicted molar refractivity (Wildman–Crippen MR) is 97.9 cm³/mol. The Morgan fingerprint density at radius 3 is 2.33 bits per heavy atom. The van der Waals surface area contributed by atoms with Gasteiger partial charge in [-0.05, 0) is 63.1 Å². The summed E-state index contributed by atoms with van der Waals surface area (Å²) in [5, 5.41) is 6.35. The minimum Gasteiger partial charge on any atom is -0.489 e. The van der Waals surface area contributed by atoms with Crippen LogP contribution >= 0.6 is 0 Å². The maximum atomic E-state index is 12.0. The van der Waals surface area contributed by atoms with Crippen molar-refractivity contribution in [2.75, 3.05) is 10.6 Å². The summed E-state index contributed by atoms with van der Waals surface area (Å²) >= 11 is 0. The van der Waals surface area contributed by atoms with Crippen LogP contribution in [0.3, 0.4) is 0 Å². The van der Waals surface area contributed by atoms with Crippen LogP contribution in [-0.4, -0.2) is 12.0 Å². The van der Waals surface area contributed by atoms with E-state index in [4.69, 9.17) is 4.74 Å². The van der Waals surface area contributed by atoms with Gasteiger partial charge in [0.1, 0.15) is 5.75 Å². The molecule has 0 heterocycles. The summed E-state index contributed by atoms with van der Waals surface area (Å²) in [4.78, 5) is 12.0. The van der Waals surface area contributed by atoms with E-state index in [1.54, 1.807) is 0 Å². The van der Waals surface area contributed by atoms with E-state index in [0.717, 1.165) is 35.7 Å². The van der Waals surface area contributed by atoms with Crippen LogP contribution in [0.1, 0.15) is 33.1 Å². The van der Waals surface area contributed by atoms with Gasteiger partial charge in [-0.2, -0.15) is 0 Å². The maximum absolute atomic E-state index is 12.0. The molecule has 0 radical (unpaired) electrons. The minimum atomic E-state index is 0.122. The van der Waals surface area contributed by atoms with Crippen molar-refractivity contribution in [3.8, 4) is 5.75 Å². The van der Waals surface area contributed by atoms with Gasteiger partial charge in [0.25, 0.3) is 0 Å². The SMILES string of the molecule is CC(C)Oc1ccccc1Nc1ccc(NC(=O)C2CCC2)cc1. The third-order valence-corrected chi connectivity index (χ3v) is 4.16. The lowest BCUT2D eigenvalue weighted by molar-refractivity contribution is -0.122. The Kier molecular flexibility index (Phi) is 5.04. The van der Waals surface area contributed by atoms with Crippen molar-refractivity contribution in [3.63, 3.8) is 0 Å². The standard InChI is InChI=1S/C20H24N2O2/c1-14(2)24-19-9-4-3-8-18(19)21-16-10-12-17(13-11-16)22-20(23)15-6-5-7-15/h3-4,8-15,21H,5-7H2,1-2H3,(H,22,23). The first-order chi connectivity index (χ1) is 11.6. The van der Waals surface area contributed by atoms with Crippen molar-refractivity contribution in [1.82, 2.24) is 0 Å². The fourth-order valence-electron chi connectivity index (χ4n) is 2.63. The first-order valence-corrected chi connectivity index (χ1v) is 8.55. The summed E-state index contributed by atoms with van der Waals surface area (Å²) in [7, 11) is 0. The average Bonchev–Trinajstić information content (AvgIpc) is 2.49. The van der Waals surface area contributed by atoms with Gasteiger partial charge in [0.05, 0.1) is 11.8 Å². The number of carbonyl (C=O) groups excluding carboxylic acids is 1. The molecule has 0 bridgehead atoms. The first kappa shape index (κ1) is 16.4. The molecule has 126 valence electrons. The molecule has 3 rings (SSSR count). The van der Waals surface area contributed by atoms with E-state index in [-0.39, 0.29) is 17.9 Å². The molecule has 4 heteroatoms. The minimum absolute atomic E-state index is 0.122. The molecular formula is C20H24N2O2. The summed E-state index contributed by atoms with van der Waals surface area (Å²) in [6.07, 6.45) is 3.31. The van der Waals surface area contributed by atoms with Crippen molar-refractivity contribution in [2.45, 2.75) is 39.2 Å². The number of ether oxygens (including phenoxy) is 1. The Morgan fingerprint density at radius 1 is 1.04 bits per heavy atom. The van der Waals surface area contributed by atoms with Gasteiger partial charge in [0.15, 0.2) is 0 Å². The maximum Gasteiger partial charge on any atom is 0.227 e. The monoisotopic (exact) mass is 324 g/mol. The van der Waals surface area contributed by atoms with Crippen molar-refractivity contribution in [2.24, 2.45) is 5.92 Å². The molecule has 0 spiro atoms. The summed E-state index contributed by atoms with van der Waals surface area (Å²) in [5.74, 6) is 1.16. The predicted octanol–water partition coefficient (Wildman–Crippen LogP) is 4.96. The lowest BCUT2D eigenvalue weighted by Crippen LogP contribution is -2.27. The molecule has 1 fully saturated rings. The molecule has 0 atom stereocenters. The molecule has 24 heavy (non-hydrogen) atoms. The second kappa shape index (κ2) is 7.39. The Labute approximate surface area is 143 Å². The largest absolute Gasteiger partial charge is 0.489 e. The van der Waals surface area contributed by atoms with E-state index in [1.165, 1.54) is 6.42 Å². The molecule has 0 aliphatic heterocycles. The van der Waals surface area contributed by atoms with Crippen molar-refractivity contribution < 1.29 is 9.53 Å². The van der Waals surface area contributed by atoms with Crippen LogP contribution in [-0.2, 0) is 4.79 Å². The van der Waals surface area contributed by atoms with Gasteiger partial charge >= 0.3 is 0 Å². The number of hydrogen-bond donors (Lipinski definition) is 2. The zero-order valence-electron chi connectivity index (χ0n) is 14.2. The number of anilines is 3. The zero-order chi connectivity index (χ0) is 16.9. The van der Waals surface area contributed by atoms with Crippen molar-refractivity contribution in [1.29, 1.82) is 0 Å². The van der Waals surface area contributed by atoms with Gasteiger partial charge in [-0.1, -0.05) is 18.6 Å². The van der Waals surface area contributed by atoms with E-state index in [2.05, 4.69) is 10.6 Å². The Bertz CT molecular complexity index is 691. The highest BCUT2D eigenvalue weighted by molar-refractivity contribution is 5.93.